The average Bonchev–Trinajstić information content (AvgIpc) is 4.23. The highest BCUT2D eigenvalue weighted by Gasteiger charge is 2.40. The minimum atomic E-state index is -0.689. The number of hydrogen-bond donors (Lipinski definition) is 3. The molecule has 0 radical (unpaired) electrons. The van der Waals surface area contributed by atoms with Crippen LogP contribution in [-0.2, 0) is 19.2 Å². The van der Waals surface area contributed by atoms with Gasteiger partial charge in [-0.15, -0.1) is 11.3 Å². The fourth-order valence-electron chi connectivity index (χ4n) is 11.6. The Morgan fingerprint density at radius 1 is 0.899 bits per heavy atom. The van der Waals surface area contributed by atoms with Gasteiger partial charge >= 0.3 is 0 Å². The summed E-state index contributed by atoms with van der Waals surface area (Å²) >= 11 is 8.51. The van der Waals surface area contributed by atoms with Crippen LogP contribution in [0, 0.1) is 17.7 Å². The predicted molar refractivity (Wildman–Crippen MR) is 311 cm³/mol. The van der Waals surface area contributed by atoms with Crippen molar-refractivity contribution in [2.75, 3.05) is 76.7 Å². The molecule has 2 saturated heterocycles. The predicted octanol–water partition coefficient (Wildman–Crippen LogP) is 10.8. The second-order valence-corrected chi connectivity index (χ2v) is 22.3. The third kappa shape index (κ3) is 11.8. The molecular weight excluding hydrogens is 1040 g/mol. The SMILES string of the molecule is C=CC(=O)N1CCN(c2nc(NCCC(=O)N(C)CCOc3ccc(-c4csc([C@@H]5CCCN5C(=O)[C@@H](CC(=O)[C@H](C)NC)C5CCCCC5)n4)c4ccccc34)nc3c(F)c(-c4cc(O)cc5ccccc45)c(Cl)cc23)CC1. The number of ether oxygens (including phenoxy) is 1. The number of ketones is 1. The average molecular weight is 1110 g/mol. The largest absolute Gasteiger partial charge is 0.508 e. The molecule has 18 heteroatoms. The van der Waals surface area contributed by atoms with E-state index in [-0.39, 0.29) is 101 Å². The second kappa shape index (κ2) is 24.4. The molecular formula is C61H67ClFN9O6S. The first kappa shape index (κ1) is 55.1. The molecule has 1 saturated carbocycles. The van der Waals surface area contributed by atoms with E-state index in [9.17, 15) is 24.3 Å². The maximum atomic E-state index is 17.1. The van der Waals surface area contributed by atoms with Crippen molar-refractivity contribution in [2.24, 2.45) is 11.8 Å². The van der Waals surface area contributed by atoms with Gasteiger partial charge in [0.1, 0.15) is 40.2 Å². The Balaban J connectivity index is 0.802. The summed E-state index contributed by atoms with van der Waals surface area (Å²) < 4.78 is 23.5. The number of piperazine rings is 1. The van der Waals surface area contributed by atoms with Gasteiger partial charge in [-0.25, -0.2) is 14.4 Å². The molecule has 7 aromatic rings. The van der Waals surface area contributed by atoms with Crippen LogP contribution < -0.4 is 20.3 Å². The van der Waals surface area contributed by atoms with Crippen molar-refractivity contribution in [2.45, 2.75) is 76.8 Å². The summed E-state index contributed by atoms with van der Waals surface area (Å²) in [6.07, 6.45) is 8.69. The summed E-state index contributed by atoms with van der Waals surface area (Å²) in [5.74, 6) is 0.235. The van der Waals surface area contributed by atoms with Crippen molar-refractivity contribution < 1.29 is 33.4 Å². The van der Waals surface area contributed by atoms with Crippen LogP contribution in [0.2, 0.25) is 5.02 Å². The topological polar surface area (TPSA) is 173 Å². The highest BCUT2D eigenvalue weighted by Crippen LogP contribution is 2.44. The summed E-state index contributed by atoms with van der Waals surface area (Å²) in [6.45, 7) is 8.46. The molecule has 0 bridgehead atoms. The van der Waals surface area contributed by atoms with Gasteiger partial charge in [-0.05, 0) is 104 Å². The van der Waals surface area contributed by atoms with Gasteiger partial charge in [0.15, 0.2) is 5.82 Å². The maximum absolute atomic E-state index is 17.1. The Hall–Kier alpha value is -7.21. The molecule has 3 N–H and O–H groups in total. The van der Waals surface area contributed by atoms with Gasteiger partial charge in [0.05, 0.1) is 29.3 Å². The summed E-state index contributed by atoms with van der Waals surface area (Å²) in [7, 11) is 3.51. The van der Waals surface area contributed by atoms with Gasteiger partial charge < -0.3 is 40.1 Å². The van der Waals surface area contributed by atoms with Crippen LogP contribution in [0.3, 0.4) is 0 Å². The Bertz CT molecular complexity index is 3440. The molecule has 2 aromatic heterocycles. The minimum absolute atomic E-state index is 0.00876. The molecule has 1 aliphatic carbocycles. The number of halogens is 2. The van der Waals surface area contributed by atoms with Crippen LogP contribution in [0.5, 0.6) is 11.5 Å². The smallest absolute Gasteiger partial charge is 0.246 e. The molecule has 10 rings (SSSR count). The van der Waals surface area contributed by atoms with Crippen LogP contribution in [0.15, 0.2) is 96.9 Å². The zero-order valence-electron chi connectivity index (χ0n) is 45.0. The lowest BCUT2D eigenvalue weighted by Crippen LogP contribution is -2.48. The third-order valence-electron chi connectivity index (χ3n) is 16.2. The zero-order chi connectivity index (χ0) is 55.3. The summed E-state index contributed by atoms with van der Waals surface area (Å²) in [6, 6.07) is 23.6. The molecule has 2 aliphatic heterocycles. The Morgan fingerprint density at radius 2 is 1.65 bits per heavy atom. The number of thiazole rings is 1. The number of fused-ring (bicyclic) bond motifs is 3. The number of likely N-dealkylation sites (tertiary alicyclic amines) is 1. The van der Waals surface area contributed by atoms with Crippen LogP contribution in [0.4, 0.5) is 16.2 Å². The van der Waals surface area contributed by atoms with E-state index in [0.29, 0.717) is 72.6 Å². The number of aromatic hydroxyl groups is 1. The molecule has 412 valence electrons. The van der Waals surface area contributed by atoms with Crippen molar-refractivity contribution >= 4 is 90.7 Å². The highest BCUT2D eigenvalue weighted by atomic mass is 35.5. The maximum Gasteiger partial charge on any atom is 0.246 e. The first-order valence-electron chi connectivity index (χ1n) is 27.5. The first-order valence-corrected chi connectivity index (χ1v) is 28.7. The number of nitrogens with zero attached hydrogens (tertiary/aromatic N) is 7. The van der Waals surface area contributed by atoms with E-state index in [2.05, 4.69) is 33.6 Å². The Morgan fingerprint density at radius 3 is 2.41 bits per heavy atom. The number of likely N-dealkylation sites (N-methyl/N-ethyl adjacent to an activating group) is 2. The molecule has 79 heavy (non-hydrogen) atoms. The summed E-state index contributed by atoms with van der Waals surface area (Å²) in [5, 5.41) is 23.7. The molecule has 5 aromatic carbocycles. The number of Topliss-reactive ketones (excluding diaryl/α,β-unsaturated/α-hetero) is 1. The fourth-order valence-corrected chi connectivity index (χ4v) is 12.9. The number of aromatic nitrogens is 3. The number of carbonyl (C=O) groups excluding carboxylic acids is 4. The van der Waals surface area contributed by atoms with E-state index >= 15 is 4.39 Å². The Kier molecular flexibility index (Phi) is 17.0. The van der Waals surface area contributed by atoms with Gasteiger partial charge in [-0.2, -0.15) is 4.98 Å². The Labute approximate surface area is 468 Å². The molecule has 3 atom stereocenters. The van der Waals surface area contributed by atoms with Crippen molar-refractivity contribution in [3.05, 3.63) is 113 Å². The number of phenols is 1. The quantitative estimate of drug-likeness (QED) is 0.0655. The van der Waals surface area contributed by atoms with Crippen LogP contribution in [-0.4, -0.2) is 131 Å². The third-order valence-corrected chi connectivity index (χ3v) is 17.4. The van der Waals surface area contributed by atoms with Gasteiger partial charge in [0, 0.05) is 92.4 Å². The number of phenolic OH excluding ortho intramolecular Hbond substituents is 1. The monoisotopic (exact) mass is 1110 g/mol. The molecule has 0 unspecified atom stereocenters. The molecule has 0 spiro atoms. The normalized spacial score (nSPS) is 16.8. The van der Waals surface area contributed by atoms with Crippen LogP contribution in [0.25, 0.3) is 54.8 Å². The number of amides is 3. The highest BCUT2D eigenvalue weighted by molar-refractivity contribution is 7.10. The number of rotatable bonds is 19. The number of hydrogen-bond acceptors (Lipinski definition) is 13. The van der Waals surface area contributed by atoms with Crippen molar-refractivity contribution in [3.8, 4) is 33.9 Å². The lowest BCUT2D eigenvalue weighted by atomic mass is 9.76. The second-order valence-electron chi connectivity index (χ2n) is 21.0. The van der Waals surface area contributed by atoms with Crippen LogP contribution >= 0.6 is 22.9 Å². The van der Waals surface area contributed by atoms with Gasteiger partial charge in [-0.1, -0.05) is 86.0 Å². The molecule has 3 fully saturated rings. The van der Waals surface area contributed by atoms with E-state index in [4.69, 9.17) is 26.3 Å². The van der Waals surface area contributed by atoms with Gasteiger partial charge in [0.2, 0.25) is 23.7 Å². The fraction of sp³-hybridized carbons (Fsp3) is 0.393. The van der Waals surface area contributed by atoms with E-state index in [1.807, 2.05) is 71.3 Å². The van der Waals surface area contributed by atoms with Crippen LogP contribution in [0.1, 0.15) is 75.8 Å². The van der Waals surface area contributed by atoms with E-state index in [1.165, 1.54) is 18.6 Å². The van der Waals surface area contributed by atoms with Crippen molar-refractivity contribution in [1.29, 1.82) is 0 Å². The van der Waals surface area contributed by atoms with Gasteiger partial charge in [-0.3, -0.25) is 19.2 Å². The standard InChI is InChI=1S/C61H67ClFN9O6S/c1-5-53(75)70-26-28-71(29-27-70)58-47-34-48(62)55(46-33-40(73)32-39-16-9-10-17-41(39)46)56(63)57(47)67-61(68-58)65-24-23-54(76)69(4)30-31-78-52-22-21-43(42-18-11-12-19-44(42)52)49-36-79-59(66-49)50-20-13-25-72(50)60(77)45(35-51(74)37(2)64-3)38-14-7-6-8-15-38/h5,9-12,16-19,21-22,32-34,36-38,45,50,64,73H,1,6-8,13-15,20,23-31,35H2,2-4H3,(H,65,67,68)/t37-,45-,50-/m0/s1. The number of benzene rings is 5. The molecule has 4 heterocycles. The van der Waals surface area contributed by atoms with E-state index < -0.39 is 5.82 Å². The minimum Gasteiger partial charge on any atom is -0.508 e. The first-order chi connectivity index (χ1) is 38.3. The van der Waals surface area contributed by atoms with E-state index in [1.54, 1.807) is 47.4 Å². The van der Waals surface area contributed by atoms with E-state index in [0.717, 1.165) is 65.6 Å². The molecule has 3 aliphatic rings. The summed E-state index contributed by atoms with van der Waals surface area (Å²) in [5.41, 5.74) is 2.28. The lowest BCUT2D eigenvalue weighted by Gasteiger charge is -2.35. The number of carbonyl (C=O) groups is 4. The lowest BCUT2D eigenvalue weighted by molar-refractivity contribution is -0.141. The molecule has 15 nitrogen and oxygen atoms in total. The van der Waals surface area contributed by atoms with Gasteiger partial charge in [0.25, 0.3) is 0 Å². The summed E-state index contributed by atoms with van der Waals surface area (Å²) in [4.78, 5) is 75.8. The van der Waals surface area contributed by atoms with Crippen molar-refractivity contribution in [1.82, 2.24) is 35.0 Å². The molecule has 3 amide bonds. The zero-order valence-corrected chi connectivity index (χ0v) is 46.6. The number of anilines is 2. The number of nitrogens with one attached hydrogen (secondary N) is 2. The van der Waals surface area contributed by atoms with Crippen molar-refractivity contribution in [3.63, 3.8) is 0 Å².